The fourth-order valence-electron chi connectivity index (χ4n) is 3.58. The molecule has 0 aliphatic carbocycles. The van der Waals surface area contributed by atoms with Gasteiger partial charge >= 0.3 is 5.97 Å². The molecule has 0 aliphatic rings. The fraction of sp³-hybridized carbons (Fsp3) is 0.0357. The Morgan fingerprint density at radius 1 is 0.667 bits per heavy atom. The van der Waals surface area contributed by atoms with Gasteiger partial charge in [-0.3, -0.25) is 0 Å². The molecule has 0 fully saturated rings. The number of ether oxygens (including phenoxy) is 1. The molecule has 0 spiro atoms. The van der Waals surface area contributed by atoms with Crippen LogP contribution in [0.4, 0.5) is 0 Å². The van der Waals surface area contributed by atoms with E-state index < -0.39 is 5.97 Å². The van der Waals surface area contributed by atoms with Gasteiger partial charge in [0.2, 0.25) is 0 Å². The van der Waals surface area contributed by atoms with Gasteiger partial charge in [0.1, 0.15) is 6.61 Å². The van der Waals surface area contributed by atoms with Crippen LogP contribution in [0.3, 0.4) is 0 Å². The van der Waals surface area contributed by atoms with E-state index in [1.165, 1.54) is 6.08 Å². The minimum atomic E-state index is -0.430. The molecule has 2 heteroatoms. The van der Waals surface area contributed by atoms with Crippen molar-refractivity contribution in [1.82, 2.24) is 0 Å². The quantitative estimate of drug-likeness (QED) is 0.264. The van der Waals surface area contributed by atoms with Gasteiger partial charge in [-0.25, -0.2) is 4.79 Å². The van der Waals surface area contributed by atoms with E-state index in [0.717, 1.165) is 38.9 Å². The predicted octanol–water partition coefficient (Wildman–Crippen LogP) is 6.92. The number of esters is 1. The monoisotopic (exact) mass is 390 g/mol. The summed E-state index contributed by atoms with van der Waals surface area (Å²) >= 11 is 0. The zero-order valence-corrected chi connectivity index (χ0v) is 16.6. The van der Waals surface area contributed by atoms with Crippen LogP contribution in [0.25, 0.3) is 33.4 Å². The van der Waals surface area contributed by atoms with Crippen LogP contribution in [0.5, 0.6) is 0 Å². The zero-order chi connectivity index (χ0) is 20.8. The topological polar surface area (TPSA) is 26.3 Å². The molecule has 0 aromatic heterocycles. The number of hydrogen-bond acceptors (Lipinski definition) is 2. The lowest BCUT2D eigenvalue weighted by atomic mass is 9.88. The van der Waals surface area contributed by atoms with Crippen molar-refractivity contribution >= 4 is 5.97 Å². The van der Waals surface area contributed by atoms with Crippen molar-refractivity contribution in [2.24, 2.45) is 0 Å². The number of rotatable bonds is 6. The van der Waals surface area contributed by atoms with Crippen molar-refractivity contribution in [2.75, 3.05) is 0 Å². The molecule has 0 radical (unpaired) electrons. The first-order valence-electron chi connectivity index (χ1n) is 9.88. The Bertz CT molecular complexity index is 1090. The SMILES string of the molecule is C=CC(=O)OCc1c(-c2ccccc2)cc(-c2ccccc2)cc1-c1ccccc1. The average Bonchev–Trinajstić information content (AvgIpc) is 2.83. The third-order valence-electron chi connectivity index (χ3n) is 5.05. The molecule has 0 unspecified atom stereocenters. The van der Waals surface area contributed by atoms with Crippen LogP contribution in [-0.4, -0.2) is 5.97 Å². The summed E-state index contributed by atoms with van der Waals surface area (Å²) in [4.78, 5) is 11.8. The maximum absolute atomic E-state index is 11.8. The number of benzene rings is 4. The van der Waals surface area contributed by atoms with Crippen molar-refractivity contribution in [3.8, 4) is 33.4 Å². The normalized spacial score (nSPS) is 10.4. The lowest BCUT2D eigenvalue weighted by Gasteiger charge is -2.18. The van der Waals surface area contributed by atoms with E-state index in [1.54, 1.807) is 0 Å². The molecule has 2 nitrogen and oxygen atoms in total. The molecule has 0 N–H and O–H groups in total. The highest BCUT2D eigenvalue weighted by Gasteiger charge is 2.16. The van der Waals surface area contributed by atoms with Gasteiger partial charge in [-0.05, 0) is 45.5 Å². The highest BCUT2D eigenvalue weighted by atomic mass is 16.5. The standard InChI is InChI=1S/C28H22O2/c1-2-28(29)30-20-27-25(22-14-8-4-9-15-22)18-24(21-12-6-3-7-13-21)19-26(27)23-16-10-5-11-17-23/h2-19H,1,20H2. The molecule has 0 saturated heterocycles. The summed E-state index contributed by atoms with van der Waals surface area (Å²) in [6.45, 7) is 3.69. The molecule has 4 aromatic carbocycles. The first-order valence-corrected chi connectivity index (χ1v) is 9.88. The van der Waals surface area contributed by atoms with Gasteiger partial charge in [0, 0.05) is 11.6 Å². The van der Waals surface area contributed by atoms with Gasteiger partial charge in [0.15, 0.2) is 0 Å². The lowest BCUT2D eigenvalue weighted by Crippen LogP contribution is -2.04. The highest BCUT2D eigenvalue weighted by molar-refractivity contribution is 5.86. The van der Waals surface area contributed by atoms with Gasteiger partial charge in [-0.1, -0.05) is 97.6 Å². The second-order valence-electron chi connectivity index (χ2n) is 6.96. The van der Waals surface area contributed by atoms with Crippen molar-refractivity contribution in [3.63, 3.8) is 0 Å². The molecule has 0 saturated carbocycles. The van der Waals surface area contributed by atoms with E-state index in [0.29, 0.717) is 0 Å². The average molecular weight is 390 g/mol. The first-order chi connectivity index (χ1) is 14.8. The van der Waals surface area contributed by atoms with Crippen molar-refractivity contribution < 1.29 is 9.53 Å². The van der Waals surface area contributed by atoms with Gasteiger partial charge in [-0.15, -0.1) is 0 Å². The Labute approximate surface area is 177 Å². The Hall–Kier alpha value is -3.91. The maximum atomic E-state index is 11.8. The van der Waals surface area contributed by atoms with Crippen LogP contribution < -0.4 is 0 Å². The molecule has 0 atom stereocenters. The molecule has 30 heavy (non-hydrogen) atoms. The summed E-state index contributed by atoms with van der Waals surface area (Å²) in [5.74, 6) is -0.430. The summed E-state index contributed by atoms with van der Waals surface area (Å²) in [5, 5.41) is 0. The van der Waals surface area contributed by atoms with Crippen molar-refractivity contribution in [2.45, 2.75) is 6.61 Å². The summed E-state index contributed by atoms with van der Waals surface area (Å²) in [6, 6.07) is 35.1. The minimum Gasteiger partial charge on any atom is -0.458 e. The van der Waals surface area contributed by atoms with Gasteiger partial charge in [0.25, 0.3) is 0 Å². The van der Waals surface area contributed by atoms with Crippen LogP contribution in [0.1, 0.15) is 5.56 Å². The molecular formula is C28H22O2. The molecule has 0 bridgehead atoms. The number of carbonyl (C=O) groups is 1. The van der Waals surface area contributed by atoms with Crippen molar-refractivity contribution in [3.05, 3.63) is 121 Å². The predicted molar refractivity (Wildman–Crippen MR) is 123 cm³/mol. The molecule has 0 heterocycles. The van der Waals surface area contributed by atoms with Crippen LogP contribution in [-0.2, 0) is 16.1 Å². The van der Waals surface area contributed by atoms with Crippen LogP contribution in [0, 0.1) is 0 Å². The van der Waals surface area contributed by atoms with Crippen LogP contribution in [0.15, 0.2) is 116 Å². The summed E-state index contributed by atoms with van der Waals surface area (Å²) in [6.07, 6.45) is 1.20. The summed E-state index contributed by atoms with van der Waals surface area (Å²) in [5.41, 5.74) is 7.49. The number of hydrogen-bond donors (Lipinski definition) is 0. The largest absolute Gasteiger partial charge is 0.458 e. The maximum Gasteiger partial charge on any atom is 0.330 e. The van der Waals surface area contributed by atoms with E-state index in [1.807, 2.05) is 54.6 Å². The van der Waals surface area contributed by atoms with Gasteiger partial charge in [-0.2, -0.15) is 0 Å². The van der Waals surface area contributed by atoms with E-state index in [-0.39, 0.29) is 6.61 Å². The van der Waals surface area contributed by atoms with E-state index in [9.17, 15) is 4.79 Å². The summed E-state index contributed by atoms with van der Waals surface area (Å²) in [7, 11) is 0. The molecule has 4 rings (SSSR count). The van der Waals surface area contributed by atoms with Crippen LogP contribution in [0.2, 0.25) is 0 Å². The first kappa shape index (κ1) is 19.4. The third-order valence-corrected chi connectivity index (χ3v) is 5.05. The highest BCUT2D eigenvalue weighted by Crippen LogP contribution is 2.37. The molecular weight excluding hydrogens is 368 g/mol. The third kappa shape index (κ3) is 4.23. The van der Waals surface area contributed by atoms with E-state index in [2.05, 4.69) is 55.1 Å². The zero-order valence-electron chi connectivity index (χ0n) is 16.6. The summed E-state index contributed by atoms with van der Waals surface area (Å²) < 4.78 is 5.49. The smallest absolute Gasteiger partial charge is 0.330 e. The fourth-order valence-corrected chi connectivity index (χ4v) is 3.58. The second kappa shape index (κ2) is 9.06. The number of carbonyl (C=O) groups excluding carboxylic acids is 1. The van der Waals surface area contributed by atoms with Crippen LogP contribution >= 0.6 is 0 Å². The molecule has 0 amide bonds. The second-order valence-corrected chi connectivity index (χ2v) is 6.96. The molecule has 146 valence electrons. The Morgan fingerprint density at radius 3 is 1.53 bits per heavy atom. The van der Waals surface area contributed by atoms with E-state index >= 15 is 0 Å². The van der Waals surface area contributed by atoms with Gasteiger partial charge < -0.3 is 4.74 Å². The molecule has 0 aliphatic heterocycles. The lowest BCUT2D eigenvalue weighted by molar-refractivity contribution is -0.138. The Morgan fingerprint density at radius 2 is 1.10 bits per heavy atom. The van der Waals surface area contributed by atoms with Crippen molar-refractivity contribution in [1.29, 1.82) is 0 Å². The Kier molecular flexibility index (Phi) is 5.86. The minimum absolute atomic E-state index is 0.175. The van der Waals surface area contributed by atoms with E-state index in [4.69, 9.17) is 4.74 Å². The molecule has 4 aromatic rings. The van der Waals surface area contributed by atoms with Gasteiger partial charge in [0.05, 0.1) is 0 Å². The Balaban J connectivity index is 1.97.